The Morgan fingerprint density at radius 1 is 1.03 bits per heavy atom. The summed E-state index contributed by atoms with van der Waals surface area (Å²) in [4.78, 5) is 33.1. The zero-order valence-electron chi connectivity index (χ0n) is 18.9. The molecule has 1 amide bonds. The molecule has 33 heavy (non-hydrogen) atoms. The first-order chi connectivity index (χ1) is 16.0. The predicted octanol–water partition coefficient (Wildman–Crippen LogP) is 4.32. The summed E-state index contributed by atoms with van der Waals surface area (Å²) in [6, 6.07) is 7.80. The molecule has 0 bridgehead atoms. The van der Waals surface area contributed by atoms with Gasteiger partial charge in [-0.05, 0) is 69.9 Å². The van der Waals surface area contributed by atoms with Crippen LogP contribution in [-0.4, -0.2) is 33.7 Å². The first kappa shape index (κ1) is 22.7. The Kier molecular flexibility index (Phi) is 7.18. The summed E-state index contributed by atoms with van der Waals surface area (Å²) in [7, 11) is 0. The van der Waals surface area contributed by atoms with Crippen molar-refractivity contribution in [1.82, 2.24) is 15.3 Å². The van der Waals surface area contributed by atoms with Crippen LogP contribution in [0.3, 0.4) is 0 Å². The number of carbonyl (C=O) groups is 2. The topological polar surface area (TPSA) is 120 Å². The summed E-state index contributed by atoms with van der Waals surface area (Å²) < 4.78 is 0. The van der Waals surface area contributed by atoms with Crippen molar-refractivity contribution in [3.05, 3.63) is 41.7 Å². The van der Waals surface area contributed by atoms with Crippen LogP contribution >= 0.6 is 0 Å². The summed E-state index contributed by atoms with van der Waals surface area (Å²) in [5.41, 5.74) is 1.78. The van der Waals surface area contributed by atoms with Gasteiger partial charge < -0.3 is 20.7 Å². The van der Waals surface area contributed by atoms with Crippen molar-refractivity contribution < 1.29 is 9.59 Å². The Hall–Kier alpha value is -3.47. The van der Waals surface area contributed by atoms with Crippen molar-refractivity contribution in [2.75, 3.05) is 10.6 Å². The zero-order chi connectivity index (χ0) is 23.2. The second-order valence-corrected chi connectivity index (χ2v) is 9.15. The largest absolute Gasteiger partial charge is 0.382 e. The summed E-state index contributed by atoms with van der Waals surface area (Å²) in [6.07, 6.45) is 10.8. The molecule has 8 nitrogen and oxygen atoms in total. The molecule has 2 saturated carbocycles. The molecule has 8 heteroatoms. The highest BCUT2D eigenvalue weighted by Crippen LogP contribution is 2.29. The Morgan fingerprint density at radius 2 is 1.79 bits per heavy atom. The van der Waals surface area contributed by atoms with Crippen LogP contribution in [0.2, 0.25) is 0 Å². The minimum Gasteiger partial charge on any atom is -0.382 e. The van der Waals surface area contributed by atoms with E-state index in [2.05, 4.69) is 32.0 Å². The molecule has 0 spiro atoms. The number of nitrogens with one attached hydrogen (secondary N) is 3. The molecule has 2 aliphatic rings. The Balaban J connectivity index is 1.44. The minimum absolute atomic E-state index is 0.123. The van der Waals surface area contributed by atoms with Crippen LogP contribution in [-0.2, 0) is 4.79 Å². The van der Waals surface area contributed by atoms with Gasteiger partial charge in [0.05, 0.1) is 16.8 Å². The molecule has 0 aromatic carbocycles. The van der Waals surface area contributed by atoms with Gasteiger partial charge in [-0.15, -0.1) is 0 Å². The Morgan fingerprint density at radius 3 is 2.39 bits per heavy atom. The molecular weight excluding hydrogens is 416 g/mol. The number of Topliss-reactive ketones (excluding diaryl/α,β-unsaturated/α-hetero) is 1. The van der Waals surface area contributed by atoms with Crippen molar-refractivity contribution in [3.8, 4) is 6.07 Å². The second kappa shape index (κ2) is 10.4. The number of nitriles is 1. The predicted molar refractivity (Wildman–Crippen MR) is 126 cm³/mol. The molecule has 4 rings (SSSR count). The van der Waals surface area contributed by atoms with E-state index in [0.29, 0.717) is 41.1 Å². The van der Waals surface area contributed by atoms with Crippen molar-refractivity contribution >= 4 is 29.0 Å². The van der Waals surface area contributed by atoms with Crippen LogP contribution in [0.15, 0.2) is 30.6 Å². The molecule has 0 radical (unpaired) electrons. The van der Waals surface area contributed by atoms with Crippen molar-refractivity contribution in [2.24, 2.45) is 5.92 Å². The van der Waals surface area contributed by atoms with Gasteiger partial charge in [-0.3, -0.25) is 4.79 Å². The number of carbonyl (C=O) groups excluding carboxylic acids is 2. The zero-order valence-corrected chi connectivity index (χ0v) is 18.9. The maximum atomic E-state index is 13.1. The van der Waals surface area contributed by atoms with Gasteiger partial charge in [0.15, 0.2) is 0 Å². The van der Waals surface area contributed by atoms with E-state index in [9.17, 15) is 9.59 Å². The number of rotatable bonds is 8. The van der Waals surface area contributed by atoms with Crippen LogP contribution in [0, 0.1) is 17.2 Å². The number of pyridine rings is 2. The van der Waals surface area contributed by atoms with Gasteiger partial charge in [-0.25, -0.2) is 9.97 Å². The highest BCUT2D eigenvalue weighted by Gasteiger charge is 2.26. The molecule has 2 heterocycles. The third-order valence-electron chi connectivity index (χ3n) is 6.52. The van der Waals surface area contributed by atoms with E-state index in [1.807, 2.05) is 6.07 Å². The first-order valence-electron chi connectivity index (χ1n) is 11.7. The summed E-state index contributed by atoms with van der Waals surface area (Å²) in [6.45, 7) is 1.65. The molecule has 0 atom stereocenters. The molecular formula is C25H30N6O2. The number of amides is 1. The molecule has 2 aliphatic carbocycles. The number of hydrogen-bond donors (Lipinski definition) is 3. The Labute approximate surface area is 194 Å². The van der Waals surface area contributed by atoms with Crippen LogP contribution in [0.4, 0.5) is 17.3 Å². The summed E-state index contributed by atoms with van der Waals surface area (Å²) in [5.74, 6) is 1.72. The Bertz CT molecular complexity index is 1030. The van der Waals surface area contributed by atoms with Crippen molar-refractivity contribution in [3.63, 3.8) is 0 Å². The maximum absolute atomic E-state index is 13.1. The third kappa shape index (κ3) is 6.07. The second-order valence-electron chi connectivity index (χ2n) is 9.15. The van der Waals surface area contributed by atoms with Gasteiger partial charge in [-0.2, -0.15) is 5.26 Å². The molecule has 2 aromatic heterocycles. The number of hydrogen-bond acceptors (Lipinski definition) is 7. The van der Waals surface area contributed by atoms with E-state index in [0.717, 1.165) is 44.2 Å². The van der Waals surface area contributed by atoms with E-state index in [4.69, 9.17) is 5.26 Å². The van der Waals surface area contributed by atoms with E-state index in [-0.39, 0.29) is 17.7 Å². The average molecular weight is 447 g/mol. The van der Waals surface area contributed by atoms with Crippen LogP contribution < -0.4 is 16.0 Å². The molecule has 172 valence electrons. The van der Waals surface area contributed by atoms with Crippen LogP contribution in [0.25, 0.3) is 0 Å². The van der Waals surface area contributed by atoms with Crippen molar-refractivity contribution in [2.45, 2.75) is 70.4 Å². The quantitative estimate of drug-likeness (QED) is 0.552. The average Bonchev–Trinajstić information content (AvgIpc) is 2.78. The molecule has 0 saturated heterocycles. The normalized spacial score (nSPS) is 20.2. The van der Waals surface area contributed by atoms with E-state index in [1.54, 1.807) is 25.3 Å². The minimum atomic E-state index is -0.123. The lowest BCUT2D eigenvalue weighted by Gasteiger charge is -2.30. The smallest absolute Gasteiger partial charge is 0.255 e. The molecule has 2 fully saturated rings. The van der Waals surface area contributed by atoms with E-state index >= 15 is 0 Å². The maximum Gasteiger partial charge on any atom is 0.255 e. The van der Waals surface area contributed by atoms with Gasteiger partial charge in [-0.1, -0.05) is 0 Å². The van der Waals surface area contributed by atoms with Crippen LogP contribution in [0.1, 0.15) is 74.2 Å². The highest BCUT2D eigenvalue weighted by atomic mass is 16.1. The summed E-state index contributed by atoms with van der Waals surface area (Å²) >= 11 is 0. The number of anilines is 3. The fourth-order valence-corrected chi connectivity index (χ4v) is 4.44. The van der Waals surface area contributed by atoms with Crippen molar-refractivity contribution in [1.29, 1.82) is 5.26 Å². The van der Waals surface area contributed by atoms with Gasteiger partial charge in [0.1, 0.15) is 23.5 Å². The number of aromatic nitrogens is 2. The van der Waals surface area contributed by atoms with Gasteiger partial charge >= 0.3 is 0 Å². The lowest BCUT2D eigenvalue weighted by Crippen LogP contribution is -2.38. The monoisotopic (exact) mass is 446 g/mol. The lowest BCUT2D eigenvalue weighted by atomic mass is 9.83. The summed E-state index contributed by atoms with van der Waals surface area (Å²) in [5, 5.41) is 18.7. The van der Waals surface area contributed by atoms with Crippen LogP contribution in [0.5, 0.6) is 0 Å². The van der Waals surface area contributed by atoms with Gasteiger partial charge in [0.25, 0.3) is 5.91 Å². The molecule has 0 unspecified atom stereocenters. The standard InChI is InChI=1S/C25H30N6O2/c1-16(32)11-17-5-8-20(9-6-17)30-25(33)21-15-28-24(12-22(21)29-19-3-2-4-19)31-23-10-7-18(13-26)14-27-23/h7,10,12,14-15,17,19-20H,2-6,8-9,11H2,1H3,(H,30,33)(H2,27,28,29,31). The van der Waals surface area contributed by atoms with E-state index < -0.39 is 0 Å². The fourth-order valence-electron chi connectivity index (χ4n) is 4.44. The van der Waals surface area contributed by atoms with Gasteiger partial charge in [0, 0.05) is 37.0 Å². The molecule has 0 aliphatic heterocycles. The third-order valence-corrected chi connectivity index (χ3v) is 6.52. The lowest BCUT2D eigenvalue weighted by molar-refractivity contribution is -0.118. The van der Waals surface area contributed by atoms with Gasteiger partial charge in [0.2, 0.25) is 0 Å². The highest BCUT2D eigenvalue weighted by molar-refractivity contribution is 6.00. The fraction of sp³-hybridized carbons (Fsp3) is 0.480. The number of ketones is 1. The molecule has 3 N–H and O–H groups in total. The van der Waals surface area contributed by atoms with E-state index in [1.165, 1.54) is 12.6 Å². The SMILES string of the molecule is CC(=O)CC1CCC(NC(=O)c2cnc(Nc3ccc(C#N)cn3)cc2NC2CCC2)CC1. The first-order valence-corrected chi connectivity index (χ1v) is 11.7. The number of nitrogens with zero attached hydrogens (tertiary/aromatic N) is 3. The molecule has 2 aromatic rings.